The van der Waals surface area contributed by atoms with Crippen molar-refractivity contribution in [3.05, 3.63) is 125 Å². The lowest BCUT2D eigenvalue weighted by molar-refractivity contribution is -0.155. The number of hydrogen-bond acceptors (Lipinski definition) is 12. The summed E-state index contributed by atoms with van der Waals surface area (Å²) in [5.41, 5.74) is 7.12. The third-order valence-electron chi connectivity index (χ3n) is 14.1. The highest BCUT2D eigenvalue weighted by Crippen LogP contribution is 2.42. The van der Waals surface area contributed by atoms with Crippen LogP contribution < -0.4 is 10.7 Å². The number of carbonyl (C=O) groups is 3. The smallest absolute Gasteiger partial charge is 0.406 e. The van der Waals surface area contributed by atoms with Crippen molar-refractivity contribution in [1.82, 2.24) is 34.6 Å². The van der Waals surface area contributed by atoms with Crippen molar-refractivity contribution < 1.29 is 41.8 Å². The van der Waals surface area contributed by atoms with Gasteiger partial charge in [-0.15, -0.1) is 0 Å². The largest absolute Gasteiger partial charge is 0.464 e. The summed E-state index contributed by atoms with van der Waals surface area (Å²) >= 11 is 1.08. The number of hydrogen-bond donors (Lipinski definition) is 2. The second-order valence-electron chi connectivity index (χ2n) is 20.6. The SMILES string of the molecule is C=C/C(=C(\N=CC)[C@H](C)OC)c1c2c3cc(ccc3n1CC(F)(F)F)-c1nc(ns1)C[C@H](NC(=O)[C@@H](COC1CN(C(c3ccccc3)c3ccccc3)C1)C(C)C)C(=O)N1CCC[C@H](N1)C(=O)OCC(C)(C)C2. The number of fused-ring (bicyclic) bond motifs is 6. The van der Waals surface area contributed by atoms with E-state index in [0.29, 0.717) is 64.2 Å². The zero-order chi connectivity index (χ0) is 52.9. The number of nitrogens with one attached hydrogen (secondary N) is 2. The molecular formula is C56H67F3N8O6S. The van der Waals surface area contributed by atoms with Crippen LogP contribution in [0.3, 0.4) is 0 Å². The number of amides is 2. The second-order valence-corrected chi connectivity index (χ2v) is 21.3. The Morgan fingerprint density at radius 1 is 1.05 bits per heavy atom. The molecule has 18 heteroatoms. The molecule has 2 N–H and O–H groups in total. The summed E-state index contributed by atoms with van der Waals surface area (Å²) in [6.07, 6.45) is -1.32. The summed E-state index contributed by atoms with van der Waals surface area (Å²) in [4.78, 5) is 54.9. The van der Waals surface area contributed by atoms with E-state index in [1.165, 1.54) is 33.9 Å². The zero-order valence-corrected chi connectivity index (χ0v) is 44.0. The van der Waals surface area contributed by atoms with E-state index >= 15 is 0 Å². The summed E-state index contributed by atoms with van der Waals surface area (Å²) in [5, 5.41) is 5.40. The number of rotatable bonds is 15. The normalized spacial score (nSPS) is 20.3. The molecule has 14 nitrogen and oxygen atoms in total. The van der Waals surface area contributed by atoms with Gasteiger partial charge in [0.15, 0.2) is 0 Å². The minimum absolute atomic E-state index is 0.0535. The molecule has 0 spiro atoms. The maximum atomic E-state index is 14.7. The summed E-state index contributed by atoms with van der Waals surface area (Å²) in [7, 11) is 1.50. The van der Waals surface area contributed by atoms with Crippen LogP contribution in [0.25, 0.3) is 27.0 Å². The molecule has 2 amide bonds. The number of ether oxygens (including phenoxy) is 3. The first-order valence-electron chi connectivity index (χ1n) is 25.3. The van der Waals surface area contributed by atoms with E-state index < -0.39 is 54.1 Å². The number of aromatic nitrogens is 3. The summed E-state index contributed by atoms with van der Waals surface area (Å²) in [6.45, 7) is 15.6. The van der Waals surface area contributed by atoms with Crippen molar-refractivity contribution in [3.8, 4) is 10.6 Å². The highest BCUT2D eigenvalue weighted by molar-refractivity contribution is 7.09. The van der Waals surface area contributed by atoms with Crippen LogP contribution in [0.15, 0.2) is 102 Å². The van der Waals surface area contributed by atoms with Crippen LogP contribution in [0.2, 0.25) is 0 Å². The van der Waals surface area contributed by atoms with Crippen molar-refractivity contribution >= 4 is 52.0 Å². The van der Waals surface area contributed by atoms with Crippen LogP contribution in [-0.4, -0.2) is 118 Å². The lowest BCUT2D eigenvalue weighted by Gasteiger charge is -2.45. The molecule has 394 valence electrons. The number of allylic oxidation sites excluding steroid dienone is 2. The Morgan fingerprint density at radius 2 is 1.74 bits per heavy atom. The molecule has 2 aromatic heterocycles. The highest BCUT2D eigenvalue weighted by Gasteiger charge is 2.40. The van der Waals surface area contributed by atoms with Gasteiger partial charge in [-0.05, 0) is 85.4 Å². The van der Waals surface area contributed by atoms with E-state index in [0.717, 1.165) is 11.5 Å². The van der Waals surface area contributed by atoms with Crippen molar-refractivity contribution in [3.63, 3.8) is 0 Å². The monoisotopic (exact) mass is 1040 g/mol. The molecule has 6 bridgehead atoms. The average Bonchev–Trinajstić information content (AvgIpc) is 3.95. The predicted molar refractivity (Wildman–Crippen MR) is 281 cm³/mol. The number of nitrogens with zero attached hydrogens (tertiary/aromatic N) is 6. The number of carbonyl (C=O) groups excluding carboxylic acids is 3. The molecule has 0 radical (unpaired) electrons. The van der Waals surface area contributed by atoms with E-state index in [1.807, 2.05) is 70.2 Å². The van der Waals surface area contributed by atoms with Crippen LogP contribution in [0, 0.1) is 17.3 Å². The Bertz CT molecular complexity index is 2820. The third kappa shape index (κ3) is 12.4. The first-order valence-corrected chi connectivity index (χ1v) is 26.1. The number of benzene rings is 3. The molecule has 4 atom stereocenters. The van der Waals surface area contributed by atoms with Gasteiger partial charge < -0.3 is 24.1 Å². The van der Waals surface area contributed by atoms with Gasteiger partial charge in [0.1, 0.15) is 29.5 Å². The van der Waals surface area contributed by atoms with Gasteiger partial charge in [0.25, 0.3) is 5.91 Å². The molecule has 3 aromatic carbocycles. The van der Waals surface area contributed by atoms with Crippen LogP contribution >= 0.6 is 11.5 Å². The fourth-order valence-corrected chi connectivity index (χ4v) is 10.8. The van der Waals surface area contributed by atoms with Crippen LogP contribution in [0.1, 0.15) is 88.6 Å². The Morgan fingerprint density at radius 3 is 2.36 bits per heavy atom. The first kappa shape index (κ1) is 54.2. The summed E-state index contributed by atoms with van der Waals surface area (Å²) in [6, 6.07) is 23.9. The van der Waals surface area contributed by atoms with Crippen molar-refractivity contribution in [1.29, 1.82) is 0 Å². The van der Waals surface area contributed by atoms with Crippen LogP contribution in [-0.2, 0) is 48.0 Å². The van der Waals surface area contributed by atoms with Crippen molar-refractivity contribution in [2.45, 2.75) is 110 Å². The fourth-order valence-electron chi connectivity index (χ4n) is 10.2. The number of cyclic esters (lactones) is 1. The molecule has 0 saturated carbocycles. The second kappa shape index (κ2) is 23.2. The molecule has 0 unspecified atom stereocenters. The predicted octanol–water partition coefficient (Wildman–Crippen LogP) is 9.16. The lowest BCUT2D eigenvalue weighted by atomic mass is 9.84. The molecule has 74 heavy (non-hydrogen) atoms. The van der Waals surface area contributed by atoms with Gasteiger partial charge in [0, 0.05) is 66.8 Å². The molecule has 3 aliphatic heterocycles. The molecule has 3 aliphatic rings. The minimum atomic E-state index is -4.62. The molecule has 0 aliphatic carbocycles. The van der Waals surface area contributed by atoms with Gasteiger partial charge >= 0.3 is 12.1 Å². The maximum Gasteiger partial charge on any atom is 0.406 e. The van der Waals surface area contributed by atoms with Crippen LogP contribution in [0.5, 0.6) is 0 Å². The topological polar surface area (TPSA) is 153 Å². The van der Waals surface area contributed by atoms with Gasteiger partial charge in [-0.3, -0.25) is 29.3 Å². The Hall–Kier alpha value is -6.05. The van der Waals surface area contributed by atoms with E-state index in [2.05, 4.69) is 55.9 Å². The molecule has 8 rings (SSSR count). The van der Waals surface area contributed by atoms with Crippen molar-refractivity contribution in [2.75, 3.05) is 40.0 Å². The van der Waals surface area contributed by atoms with Gasteiger partial charge in [-0.2, -0.15) is 17.5 Å². The summed E-state index contributed by atoms with van der Waals surface area (Å²) < 4.78 is 68.3. The van der Waals surface area contributed by atoms with Gasteiger partial charge in [0.2, 0.25) is 5.91 Å². The molecular weight excluding hydrogens is 970 g/mol. The van der Waals surface area contributed by atoms with Gasteiger partial charge in [0.05, 0.1) is 48.8 Å². The van der Waals surface area contributed by atoms with E-state index in [-0.39, 0.29) is 68.1 Å². The van der Waals surface area contributed by atoms with Crippen LogP contribution in [0.4, 0.5) is 13.2 Å². The number of alkyl halides is 3. The van der Waals surface area contributed by atoms with Gasteiger partial charge in [-0.25, -0.2) is 10.4 Å². The first-order chi connectivity index (χ1) is 35.4. The maximum absolute atomic E-state index is 14.7. The Kier molecular flexibility index (Phi) is 17.0. The number of halogens is 3. The zero-order valence-electron chi connectivity index (χ0n) is 43.2. The van der Waals surface area contributed by atoms with E-state index in [4.69, 9.17) is 19.2 Å². The minimum Gasteiger partial charge on any atom is -0.464 e. The highest BCUT2D eigenvalue weighted by atomic mass is 32.1. The summed E-state index contributed by atoms with van der Waals surface area (Å²) in [5.74, 6) is -1.91. The molecule has 2 fully saturated rings. The molecule has 5 heterocycles. The average molecular weight is 1040 g/mol. The Balaban J connectivity index is 1.11. The number of aliphatic imine (C=N–C) groups is 1. The fraction of sp³-hybridized carbons (Fsp3) is 0.464. The van der Waals surface area contributed by atoms with Gasteiger partial charge in [-0.1, -0.05) is 101 Å². The molecule has 5 aromatic rings. The number of esters is 1. The Labute approximate surface area is 435 Å². The lowest BCUT2D eigenvalue weighted by Crippen LogP contribution is -2.61. The number of likely N-dealkylation sites (tertiary alicyclic amines) is 1. The number of hydrazine groups is 1. The standard InChI is InChI=1S/C56H67F3N8O6S/c1-9-40(48(60-10-2)35(5)71-8)50-42-28-55(6,7)33-73-54(70)44-22-17-25-67(63-44)53(69)45(27-47-62-52(74-64-47)38-23-24-46(41(42)26-38)66(50)32-56(57,58)59)61-51(68)43(34(3)4)31-72-39-29-65(30-39)49(36-18-13-11-14-19-36)37-20-15-12-16-21-37/h9-16,18-21,23-24,26,34-35,39,43-45,49,63H,1,17,22,25,27-33H2,2-8H3,(H,61,68)/b48-40+,60-10?/t35-,43-,44-,45-/m0/s1. The van der Waals surface area contributed by atoms with Crippen molar-refractivity contribution in [2.24, 2.45) is 22.2 Å². The van der Waals surface area contributed by atoms with E-state index in [1.54, 1.807) is 32.2 Å². The number of methoxy groups -OCH3 is 1. The third-order valence-corrected chi connectivity index (χ3v) is 14.9. The molecule has 2 saturated heterocycles. The van der Waals surface area contributed by atoms with E-state index in [9.17, 15) is 27.6 Å². The quantitative estimate of drug-likeness (QED) is 0.0590.